The fourth-order valence-electron chi connectivity index (χ4n) is 2.45. The molecule has 1 N–H and O–H groups in total. The van der Waals surface area contributed by atoms with Gasteiger partial charge in [-0.2, -0.15) is 13.2 Å². The average molecular weight is 410 g/mol. The van der Waals surface area contributed by atoms with Gasteiger partial charge in [-0.05, 0) is 42.0 Å². The molecule has 0 aliphatic heterocycles. The molecule has 28 heavy (non-hydrogen) atoms. The van der Waals surface area contributed by atoms with E-state index in [-0.39, 0.29) is 16.3 Å². The third-order valence-corrected chi connectivity index (χ3v) is 4.14. The van der Waals surface area contributed by atoms with Crippen molar-refractivity contribution >= 4 is 11.6 Å². The van der Waals surface area contributed by atoms with Gasteiger partial charge in [0.2, 0.25) is 0 Å². The second-order valence-corrected chi connectivity index (χ2v) is 6.28. The third-order valence-electron chi connectivity index (χ3n) is 3.81. The van der Waals surface area contributed by atoms with Crippen LogP contribution in [0.1, 0.15) is 11.1 Å². The summed E-state index contributed by atoms with van der Waals surface area (Å²) in [7, 11) is 0. The van der Waals surface area contributed by atoms with Crippen LogP contribution < -0.4 is 15.0 Å². The van der Waals surface area contributed by atoms with E-state index in [1.54, 1.807) is 30.3 Å². The summed E-state index contributed by atoms with van der Waals surface area (Å²) in [6.07, 6.45) is -2.46. The quantitative estimate of drug-likeness (QED) is 0.588. The number of ether oxygens (including phenoxy) is 2. The molecule has 0 saturated carbocycles. The van der Waals surface area contributed by atoms with Crippen molar-refractivity contribution in [3.63, 3.8) is 0 Å². The minimum Gasteiger partial charge on any atom is -0.493 e. The Balaban J connectivity index is 1.59. The van der Waals surface area contributed by atoms with Gasteiger partial charge < -0.3 is 14.5 Å². The summed E-state index contributed by atoms with van der Waals surface area (Å²) >= 11 is 5.60. The zero-order valence-corrected chi connectivity index (χ0v) is 15.2. The summed E-state index contributed by atoms with van der Waals surface area (Å²) in [6, 6.07) is 13.3. The smallest absolute Gasteiger partial charge is 0.417 e. The van der Waals surface area contributed by atoms with Gasteiger partial charge in [-0.1, -0.05) is 23.7 Å². The first-order valence-electron chi connectivity index (χ1n) is 8.26. The summed E-state index contributed by atoms with van der Waals surface area (Å²) in [5.41, 5.74) is -0.237. The van der Waals surface area contributed by atoms with Crippen LogP contribution in [0, 0.1) is 0 Å². The second-order valence-electron chi connectivity index (χ2n) is 5.87. The standard InChI is InChI=1S/C20H15ClF3NO3/c21-18-6-5-16(11-17(18)20(22,23)24)28-14-3-1-13(2-4-14)8-10-27-15-7-9-25-19(26)12-15/h1-7,9,11-12H,8,10H2,(H,25,26). The lowest BCUT2D eigenvalue weighted by Crippen LogP contribution is -2.06. The molecule has 0 radical (unpaired) electrons. The summed E-state index contributed by atoms with van der Waals surface area (Å²) < 4.78 is 49.7. The number of hydrogen-bond donors (Lipinski definition) is 1. The molecule has 0 bridgehead atoms. The van der Waals surface area contributed by atoms with E-state index in [1.807, 2.05) is 0 Å². The minimum atomic E-state index is -4.55. The van der Waals surface area contributed by atoms with Crippen molar-refractivity contribution in [2.45, 2.75) is 12.6 Å². The van der Waals surface area contributed by atoms with E-state index in [0.717, 1.165) is 17.7 Å². The number of halogens is 4. The molecule has 146 valence electrons. The highest BCUT2D eigenvalue weighted by molar-refractivity contribution is 6.31. The molecule has 0 fully saturated rings. The van der Waals surface area contributed by atoms with Crippen LogP contribution in [0.25, 0.3) is 0 Å². The van der Waals surface area contributed by atoms with Crippen LogP contribution in [0.15, 0.2) is 65.6 Å². The molecule has 0 spiro atoms. The number of rotatable bonds is 6. The van der Waals surface area contributed by atoms with Crippen LogP contribution in [-0.4, -0.2) is 11.6 Å². The van der Waals surface area contributed by atoms with Crippen LogP contribution in [-0.2, 0) is 12.6 Å². The molecule has 4 nitrogen and oxygen atoms in total. The van der Waals surface area contributed by atoms with Gasteiger partial charge in [0.25, 0.3) is 5.56 Å². The SMILES string of the molecule is O=c1cc(OCCc2ccc(Oc3ccc(Cl)c(C(F)(F)F)c3)cc2)cc[nH]1. The molecule has 1 heterocycles. The van der Waals surface area contributed by atoms with Crippen LogP contribution in [0.4, 0.5) is 13.2 Å². The highest BCUT2D eigenvalue weighted by Gasteiger charge is 2.33. The van der Waals surface area contributed by atoms with E-state index in [4.69, 9.17) is 21.1 Å². The summed E-state index contributed by atoms with van der Waals surface area (Å²) in [4.78, 5) is 13.7. The predicted molar refractivity (Wildman–Crippen MR) is 99.2 cm³/mol. The Hall–Kier alpha value is -2.93. The maximum absolute atomic E-state index is 12.9. The van der Waals surface area contributed by atoms with E-state index in [2.05, 4.69) is 4.98 Å². The van der Waals surface area contributed by atoms with E-state index >= 15 is 0 Å². The number of pyridine rings is 1. The van der Waals surface area contributed by atoms with Gasteiger partial charge in [-0.3, -0.25) is 4.79 Å². The van der Waals surface area contributed by atoms with Gasteiger partial charge in [-0.25, -0.2) is 0 Å². The van der Waals surface area contributed by atoms with Crippen molar-refractivity contribution in [3.05, 3.63) is 87.3 Å². The molecule has 3 aromatic rings. The van der Waals surface area contributed by atoms with E-state index in [9.17, 15) is 18.0 Å². The summed E-state index contributed by atoms with van der Waals surface area (Å²) in [5, 5.41) is -0.379. The molecule has 2 aromatic carbocycles. The molecule has 0 atom stereocenters. The van der Waals surface area contributed by atoms with Crippen LogP contribution in [0.3, 0.4) is 0 Å². The first-order chi connectivity index (χ1) is 13.3. The van der Waals surface area contributed by atoms with Gasteiger partial charge >= 0.3 is 6.18 Å². The Morgan fingerprint density at radius 2 is 1.64 bits per heavy atom. The number of nitrogens with one attached hydrogen (secondary N) is 1. The lowest BCUT2D eigenvalue weighted by atomic mass is 10.1. The second kappa shape index (κ2) is 8.39. The van der Waals surface area contributed by atoms with Crippen molar-refractivity contribution in [2.75, 3.05) is 6.61 Å². The number of benzene rings is 2. The molecule has 0 aliphatic carbocycles. The zero-order chi connectivity index (χ0) is 20.1. The molecule has 0 aliphatic rings. The van der Waals surface area contributed by atoms with Crippen LogP contribution >= 0.6 is 11.6 Å². The number of alkyl halides is 3. The first-order valence-corrected chi connectivity index (χ1v) is 8.64. The highest BCUT2D eigenvalue weighted by atomic mass is 35.5. The van der Waals surface area contributed by atoms with Crippen LogP contribution in [0.2, 0.25) is 5.02 Å². The highest BCUT2D eigenvalue weighted by Crippen LogP contribution is 2.37. The van der Waals surface area contributed by atoms with Crippen LogP contribution in [0.5, 0.6) is 17.2 Å². The lowest BCUT2D eigenvalue weighted by Gasteiger charge is -2.12. The molecular formula is C20H15ClF3NO3. The largest absolute Gasteiger partial charge is 0.493 e. The van der Waals surface area contributed by atoms with Crippen molar-refractivity contribution < 1.29 is 22.6 Å². The van der Waals surface area contributed by atoms with Crippen molar-refractivity contribution in [1.82, 2.24) is 4.98 Å². The van der Waals surface area contributed by atoms with E-state index in [0.29, 0.717) is 24.5 Å². The lowest BCUT2D eigenvalue weighted by molar-refractivity contribution is -0.137. The first kappa shape index (κ1) is 19.8. The molecular weight excluding hydrogens is 395 g/mol. The summed E-state index contributed by atoms with van der Waals surface area (Å²) in [6.45, 7) is 0.371. The van der Waals surface area contributed by atoms with Gasteiger partial charge in [0, 0.05) is 18.7 Å². The molecule has 1 aromatic heterocycles. The normalized spacial score (nSPS) is 11.3. The van der Waals surface area contributed by atoms with Gasteiger partial charge in [0.1, 0.15) is 17.2 Å². The van der Waals surface area contributed by atoms with Gasteiger partial charge in [-0.15, -0.1) is 0 Å². The molecule has 3 rings (SSSR count). The van der Waals surface area contributed by atoms with Crippen molar-refractivity contribution in [3.8, 4) is 17.2 Å². The molecule has 0 saturated heterocycles. The van der Waals surface area contributed by atoms with Gasteiger partial charge in [0.05, 0.1) is 17.2 Å². The number of H-pyrrole nitrogens is 1. The Morgan fingerprint density at radius 1 is 0.929 bits per heavy atom. The minimum absolute atomic E-state index is 0.0436. The summed E-state index contributed by atoms with van der Waals surface area (Å²) in [5.74, 6) is 0.920. The Morgan fingerprint density at radius 3 is 2.32 bits per heavy atom. The fraction of sp³-hybridized carbons (Fsp3) is 0.150. The Kier molecular flexibility index (Phi) is 5.94. The fourth-order valence-corrected chi connectivity index (χ4v) is 2.67. The van der Waals surface area contributed by atoms with Crippen molar-refractivity contribution in [2.24, 2.45) is 0 Å². The Labute approximate surface area is 163 Å². The average Bonchev–Trinajstić information content (AvgIpc) is 2.64. The van der Waals surface area contributed by atoms with E-state index in [1.165, 1.54) is 18.3 Å². The maximum atomic E-state index is 12.9. The number of hydrogen-bond acceptors (Lipinski definition) is 3. The Bertz CT molecular complexity index is 1000. The third kappa shape index (κ3) is 5.29. The topological polar surface area (TPSA) is 51.3 Å². The number of aromatic amines is 1. The maximum Gasteiger partial charge on any atom is 0.417 e. The molecule has 8 heteroatoms. The monoisotopic (exact) mass is 409 g/mol. The van der Waals surface area contributed by atoms with Crippen molar-refractivity contribution in [1.29, 1.82) is 0 Å². The van der Waals surface area contributed by atoms with Gasteiger partial charge in [0.15, 0.2) is 0 Å². The molecule has 0 amide bonds. The molecule has 0 unspecified atom stereocenters. The zero-order valence-electron chi connectivity index (χ0n) is 14.4. The van der Waals surface area contributed by atoms with E-state index < -0.39 is 11.7 Å². The number of aromatic nitrogens is 1. The predicted octanol–water partition coefficient (Wildman–Crippen LogP) is 5.46.